The minimum atomic E-state index is -0.136. The van der Waals surface area contributed by atoms with E-state index in [-0.39, 0.29) is 5.56 Å². The maximum absolute atomic E-state index is 10.7. The molecule has 0 radical (unpaired) electrons. The van der Waals surface area contributed by atoms with Crippen LogP contribution in [-0.4, -0.2) is 5.16 Å². The Hall–Kier alpha value is -0.990. The summed E-state index contributed by atoms with van der Waals surface area (Å²) >= 11 is 0. The largest absolute Gasteiger partial charge is 0.384 e. The number of aromatic amines is 1. The smallest absolute Gasteiger partial charge is 0.280 e. The molecule has 1 rings (SSSR count). The van der Waals surface area contributed by atoms with Crippen LogP contribution in [0.5, 0.6) is 0 Å². The highest BCUT2D eigenvalue weighted by Crippen LogP contribution is 2.06. The van der Waals surface area contributed by atoms with E-state index in [0.717, 1.165) is 18.6 Å². The number of H-pyrrole nitrogens is 1. The second-order valence-corrected chi connectivity index (χ2v) is 3.34. The van der Waals surface area contributed by atoms with E-state index in [2.05, 4.69) is 12.1 Å². The minimum Gasteiger partial charge on any atom is -0.384 e. The lowest BCUT2D eigenvalue weighted by atomic mass is 10.1. The number of hydrogen-bond acceptors (Lipinski definition) is 2. The van der Waals surface area contributed by atoms with Crippen LogP contribution in [0, 0.1) is 0 Å². The minimum absolute atomic E-state index is 0.136. The van der Waals surface area contributed by atoms with E-state index in [4.69, 9.17) is 4.52 Å². The summed E-state index contributed by atoms with van der Waals surface area (Å²) in [6.45, 7) is 2.20. The summed E-state index contributed by atoms with van der Waals surface area (Å²) in [5.74, 6) is 0.779. The Morgan fingerprint density at radius 3 is 2.69 bits per heavy atom. The molecule has 0 saturated carbocycles. The molecule has 0 aliphatic carbocycles. The topological polar surface area (TPSA) is 46.0 Å². The van der Waals surface area contributed by atoms with E-state index >= 15 is 0 Å². The Morgan fingerprint density at radius 1 is 1.31 bits per heavy atom. The van der Waals surface area contributed by atoms with Crippen LogP contribution in [-0.2, 0) is 6.42 Å². The SMILES string of the molecule is CCCCCCCc1cc(=O)[nH]o1. The summed E-state index contributed by atoms with van der Waals surface area (Å²) < 4.78 is 4.93. The molecule has 13 heavy (non-hydrogen) atoms. The van der Waals surface area contributed by atoms with Crippen LogP contribution in [0.1, 0.15) is 44.8 Å². The van der Waals surface area contributed by atoms with Crippen LogP contribution in [0.3, 0.4) is 0 Å². The first kappa shape index (κ1) is 10.1. The van der Waals surface area contributed by atoms with Gasteiger partial charge in [0.05, 0.1) is 0 Å². The van der Waals surface area contributed by atoms with Gasteiger partial charge in [-0.2, -0.15) is 5.16 Å². The van der Waals surface area contributed by atoms with Gasteiger partial charge in [-0.1, -0.05) is 32.6 Å². The van der Waals surface area contributed by atoms with E-state index in [1.54, 1.807) is 0 Å². The Balaban J connectivity index is 2.09. The maximum Gasteiger partial charge on any atom is 0.280 e. The number of hydrogen-bond donors (Lipinski definition) is 1. The molecule has 1 N–H and O–H groups in total. The van der Waals surface area contributed by atoms with Gasteiger partial charge in [-0.25, -0.2) is 0 Å². The molecule has 0 fully saturated rings. The quantitative estimate of drug-likeness (QED) is 0.689. The van der Waals surface area contributed by atoms with Crippen LogP contribution in [0.4, 0.5) is 0 Å². The molecule has 0 amide bonds. The van der Waals surface area contributed by atoms with E-state index in [1.807, 2.05) is 0 Å². The van der Waals surface area contributed by atoms with Gasteiger partial charge in [0.25, 0.3) is 5.56 Å². The van der Waals surface area contributed by atoms with Gasteiger partial charge >= 0.3 is 0 Å². The summed E-state index contributed by atoms with van der Waals surface area (Å²) in [4.78, 5) is 10.7. The molecule has 1 heterocycles. The van der Waals surface area contributed by atoms with Gasteiger partial charge < -0.3 is 4.52 Å². The molecule has 0 saturated heterocycles. The Kier molecular flexibility index (Phi) is 4.36. The molecule has 1 aromatic rings. The molecular weight excluding hydrogens is 166 g/mol. The predicted octanol–water partition coefficient (Wildman–Crippen LogP) is 2.48. The fourth-order valence-corrected chi connectivity index (χ4v) is 1.35. The van der Waals surface area contributed by atoms with Gasteiger partial charge in [-0.3, -0.25) is 4.79 Å². The van der Waals surface area contributed by atoms with Crippen molar-refractivity contribution in [2.75, 3.05) is 0 Å². The first-order valence-corrected chi connectivity index (χ1v) is 5.00. The molecule has 0 aliphatic heterocycles. The van der Waals surface area contributed by atoms with Crippen molar-refractivity contribution in [2.45, 2.75) is 45.4 Å². The van der Waals surface area contributed by atoms with Gasteiger partial charge in [0.2, 0.25) is 0 Å². The van der Waals surface area contributed by atoms with Crippen molar-refractivity contribution in [1.29, 1.82) is 0 Å². The van der Waals surface area contributed by atoms with Gasteiger partial charge in [-0.15, -0.1) is 0 Å². The molecule has 0 bridgehead atoms. The molecule has 0 unspecified atom stereocenters. The number of aromatic nitrogens is 1. The summed E-state index contributed by atoms with van der Waals surface area (Å²) in [6.07, 6.45) is 7.06. The number of aryl methyl sites for hydroxylation is 1. The fourth-order valence-electron chi connectivity index (χ4n) is 1.35. The predicted molar refractivity (Wildman–Crippen MR) is 51.8 cm³/mol. The van der Waals surface area contributed by atoms with Gasteiger partial charge in [-0.05, 0) is 6.42 Å². The highest BCUT2D eigenvalue weighted by atomic mass is 16.5. The zero-order valence-corrected chi connectivity index (χ0v) is 8.14. The Bertz CT molecular complexity index is 274. The van der Waals surface area contributed by atoms with Crippen molar-refractivity contribution in [1.82, 2.24) is 5.16 Å². The third-order valence-corrected chi connectivity index (χ3v) is 2.10. The Morgan fingerprint density at radius 2 is 2.08 bits per heavy atom. The van der Waals surface area contributed by atoms with Crippen LogP contribution in [0.2, 0.25) is 0 Å². The molecule has 74 valence electrons. The molecule has 0 atom stereocenters. The van der Waals surface area contributed by atoms with Crippen LogP contribution >= 0.6 is 0 Å². The maximum atomic E-state index is 10.7. The lowest BCUT2D eigenvalue weighted by Gasteiger charge is -1.96. The molecule has 3 heteroatoms. The molecule has 1 aromatic heterocycles. The van der Waals surface area contributed by atoms with Crippen LogP contribution in [0.15, 0.2) is 15.4 Å². The molecule has 0 aromatic carbocycles. The van der Waals surface area contributed by atoms with E-state index in [0.29, 0.717) is 0 Å². The van der Waals surface area contributed by atoms with Crippen LogP contribution in [0.25, 0.3) is 0 Å². The summed E-state index contributed by atoms with van der Waals surface area (Å²) in [7, 11) is 0. The summed E-state index contributed by atoms with van der Waals surface area (Å²) in [5.41, 5.74) is -0.136. The fraction of sp³-hybridized carbons (Fsp3) is 0.700. The molecule has 3 nitrogen and oxygen atoms in total. The van der Waals surface area contributed by atoms with Crippen molar-refractivity contribution >= 4 is 0 Å². The van der Waals surface area contributed by atoms with Crippen molar-refractivity contribution in [2.24, 2.45) is 0 Å². The Labute approximate surface area is 78.1 Å². The second kappa shape index (κ2) is 5.62. The molecule has 0 aliphatic rings. The molecule has 0 spiro atoms. The van der Waals surface area contributed by atoms with Crippen molar-refractivity contribution in [3.8, 4) is 0 Å². The number of nitrogens with one attached hydrogen (secondary N) is 1. The summed E-state index contributed by atoms with van der Waals surface area (Å²) in [5, 5.41) is 2.29. The van der Waals surface area contributed by atoms with Gasteiger partial charge in [0.15, 0.2) is 0 Å². The first-order valence-electron chi connectivity index (χ1n) is 5.00. The van der Waals surface area contributed by atoms with Gasteiger partial charge in [0.1, 0.15) is 5.76 Å². The average Bonchev–Trinajstić information content (AvgIpc) is 2.51. The lowest BCUT2D eigenvalue weighted by Crippen LogP contribution is -1.93. The highest BCUT2D eigenvalue weighted by Gasteiger charge is 1.98. The zero-order chi connectivity index (χ0) is 9.52. The van der Waals surface area contributed by atoms with Crippen molar-refractivity contribution in [3.63, 3.8) is 0 Å². The zero-order valence-electron chi connectivity index (χ0n) is 8.14. The van der Waals surface area contributed by atoms with E-state index in [9.17, 15) is 4.79 Å². The summed E-state index contributed by atoms with van der Waals surface area (Å²) in [6, 6.07) is 1.53. The van der Waals surface area contributed by atoms with Crippen molar-refractivity contribution < 1.29 is 4.52 Å². The lowest BCUT2D eigenvalue weighted by molar-refractivity contribution is 0.374. The highest BCUT2D eigenvalue weighted by molar-refractivity contribution is 4.93. The normalized spacial score (nSPS) is 10.5. The molecular formula is C10H17NO2. The third kappa shape index (κ3) is 3.97. The second-order valence-electron chi connectivity index (χ2n) is 3.34. The standard InChI is InChI=1S/C10H17NO2/c1-2-3-4-5-6-7-9-8-10(12)11-13-9/h8H,2-7H2,1H3,(H,11,12). The van der Waals surface area contributed by atoms with E-state index < -0.39 is 0 Å². The van der Waals surface area contributed by atoms with E-state index in [1.165, 1.54) is 31.7 Å². The third-order valence-electron chi connectivity index (χ3n) is 2.10. The number of rotatable bonds is 6. The van der Waals surface area contributed by atoms with Crippen LogP contribution < -0.4 is 5.56 Å². The average molecular weight is 183 g/mol. The van der Waals surface area contributed by atoms with Gasteiger partial charge in [0, 0.05) is 12.5 Å². The monoisotopic (exact) mass is 183 g/mol. The number of unbranched alkanes of at least 4 members (excludes halogenated alkanes) is 4. The van der Waals surface area contributed by atoms with Crippen molar-refractivity contribution in [3.05, 3.63) is 22.2 Å². The first-order chi connectivity index (χ1) is 6.33.